The lowest BCUT2D eigenvalue weighted by molar-refractivity contribution is 0.325. The predicted molar refractivity (Wildman–Crippen MR) is 80.2 cm³/mol. The molecule has 3 heteroatoms. The molecule has 0 aliphatic rings. The molecule has 0 saturated carbocycles. The molecule has 0 spiro atoms. The zero-order valence-corrected chi connectivity index (χ0v) is 11.0. The number of nitrogens with one attached hydrogen (secondary N) is 1. The molecule has 0 aliphatic heterocycles. The quantitative estimate of drug-likeness (QED) is 0.787. The van der Waals surface area contributed by atoms with E-state index < -0.39 is 0 Å². The molecule has 3 rings (SSSR count). The number of para-hydroxylation sites is 1. The first-order valence-electron chi connectivity index (χ1n) is 6.62. The van der Waals surface area contributed by atoms with Crippen molar-refractivity contribution < 1.29 is 4.74 Å². The SMILES string of the molecule is O=c1ccc2cccc(OCCc3ccccc3)c2[nH]1. The highest BCUT2D eigenvalue weighted by atomic mass is 16.5. The van der Waals surface area contributed by atoms with Crippen LogP contribution in [-0.2, 0) is 6.42 Å². The fourth-order valence-electron chi connectivity index (χ4n) is 2.19. The van der Waals surface area contributed by atoms with Crippen molar-refractivity contribution in [1.29, 1.82) is 0 Å². The van der Waals surface area contributed by atoms with Gasteiger partial charge in [0.15, 0.2) is 0 Å². The lowest BCUT2D eigenvalue weighted by Gasteiger charge is -2.09. The highest BCUT2D eigenvalue weighted by Crippen LogP contribution is 2.22. The van der Waals surface area contributed by atoms with Crippen LogP contribution in [0.15, 0.2) is 65.5 Å². The number of aromatic amines is 1. The first-order valence-corrected chi connectivity index (χ1v) is 6.62. The van der Waals surface area contributed by atoms with E-state index >= 15 is 0 Å². The number of fused-ring (bicyclic) bond motifs is 1. The summed E-state index contributed by atoms with van der Waals surface area (Å²) in [5, 5.41) is 0.974. The highest BCUT2D eigenvalue weighted by molar-refractivity contribution is 5.84. The normalized spacial score (nSPS) is 10.6. The summed E-state index contributed by atoms with van der Waals surface area (Å²) < 4.78 is 5.81. The Morgan fingerprint density at radius 3 is 2.60 bits per heavy atom. The minimum atomic E-state index is -0.114. The third-order valence-electron chi connectivity index (χ3n) is 3.21. The van der Waals surface area contributed by atoms with Gasteiger partial charge in [0.05, 0.1) is 12.1 Å². The molecule has 0 bridgehead atoms. The minimum Gasteiger partial charge on any atom is -0.491 e. The summed E-state index contributed by atoms with van der Waals surface area (Å²) in [6.45, 7) is 0.583. The molecule has 1 heterocycles. The molecule has 0 amide bonds. The topological polar surface area (TPSA) is 42.1 Å². The summed E-state index contributed by atoms with van der Waals surface area (Å²) in [5.74, 6) is 0.719. The van der Waals surface area contributed by atoms with Crippen LogP contribution in [0.4, 0.5) is 0 Å². The predicted octanol–water partition coefficient (Wildman–Crippen LogP) is 3.15. The highest BCUT2D eigenvalue weighted by Gasteiger charge is 2.03. The van der Waals surface area contributed by atoms with Crippen molar-refractivity contribution in [3.05, 3.63) is 76.6 Å². The Hall–Kier alpha value is -2.55. The van der Waals surface area contributed by atoms with Crippen molar-refractivity contribution in [2.45, 2.75) is 6.42 Å². The molecule has 0 aliphatic carbocycles. The summed E-state index contributed by atoms with van der Waals surface area (Å²) in [5.41, 5.74) is 1.88. The van der Waals surface area contributed by atoms with E-state index in [0.717, 1.165) is 23.1 Å². The van der Waals surface area contributed by atoms with Gasteiger partial charge in [-0.3, -0.25) is 4.79 Å². The lowest BCUT2D eigenvalue weighted by Crippen LogP contribution is -2.06. The van der Waals surface area contributed by atoms with Gasteiger partial charge in [0.1, 0.15) is 5.75 Å². The molecular weight excluding hydrogens is 250 g/mol. The number of hydrogen-bond acceptors (Lipinski definition) is 2. The number of ether oxygens (including phenoxy) is 1. The molecular formula is C17H15NO2. The summed E-state index contributed by atoms with van der Waals surface area (Å²) in [6, 6.07) is 19.3. The Kier molecular flexibility index (Phi) is 3.50. The van der Waals surface area contributed by atoms with Gasteiger partial charge in [-0.2, -0.15) is 0 Å². The van der Waals surface area contributed by atoms with Crippen LogP contribution < -0.4 is 10.3 Å². The molecule has 0 unspecified atom stereocenters. The third-order valence-corrected chi connectivity index (χ3v) is 3.21. The number of hydrogen-bond donors (Lipinski definition) is 1. The van der Waals surface area contributed by atoms with Gasteiger partial charge in [-0.25, -0.2) is 0 Å². The summed E-state index contributed by atoms with van der Waals surface area (Å²) >= 11 is 0. The number of benzene rings is 2. The van der Waals surface area contributed by atoms with Crippen LogP contribution in [0.1, 0.15) is 5.56 Å². The zero-order valence-electron chi connectivity index (χ0n) is 11.0. The Morgan fingerprint density at radius 1 is 0.900 bits per heavy atom. The van der Waals surface area contributed by atoms with E-state index in [1.807, 2.05) is 36.4 Å². The van der Waals surface area contributed by atoms with Gasteiger partial charge < -0.3 is 9.72 Å². The van der Waals surface area contributed by atoms with Gasteiger partial charge in [0.25, 0.3) is 0 Å². The summed E-state index contributed by atoms with van der Waals surface area (Å²) in [4.78, 5) is 14.2. The maximum Gasteiger partial charge on any atom is 0.248 e. The van der Waals surface area contributed by atoms with Crippen LogP contribution in [0.5, 0.6) is 5.75 Å². The smallest absolute Gasteiger partial charge is 0.248 e. The monoisotopic (exact) mass is 265 g/mol. The number of pyridine rings is 1. The maximum absolute atomic E-state index is 11.4. The number of aromatic nitrogens is 1. The molecule has 20 heavy (non-hydrogen) atoms. The maximum atomic E-state index is 11.4. The second-order valence-corrected chi connectivity index (χ2v) is 4.63. The molecule has 2 aromatic carbocycles. The first-order chi connectivity index (χ1) is 9.83. The van der Waals surface area contributed by atoms with E-state index in [4.69, 9.17) is 4.74 Å². The second kappa shape index (κ2) is 5.61. The molecule has 0 atom stereocenters. The van der Waals surface area contributed by atoms with Gasteiger partial charge in [0.2, 0.25) is 5.56 Å². The average molecular weight is 265 g/mol. The van der Waals surface area contributed by atoms with Crippen LogP contribution >= 0.6 is 0 Å². The van der Waals surface area contributed by atoms with Gasteiger partial charge in [-0.1, -0.05) is 42.5 Å². The molecule has 1 N–H and O–H groups in total. The number of rotatable bonds is 4. The van der Waals surface area contributed by atoms with Crippen molar-refractivity contribution in [2.75, 3.05) is 6.61 Å². The van der Waals surface area contributed by atoms with Crippen molar-refractivity contribution >= 4 is 10.9 Å². The van der Waals surface area contributed by atoms with Crippen LogP contribution in [0.3, 0.4) is 0 Å². The first kappa shape index (κ1) is 12.5. The van der Waals surface area contributed by atoms with Gasteiger partial charge >= 0.3 is 0 Å². The standard InChI is InChI=1S/C17H15NO2/c19-16-10-9-14-7-4-8-15(17(14)18-16)20-12-11-13-5-2-1-3-6-13/h1-10H,11-12H2,(H,18,19). The van der Waals surface area contributed by atoms with Crippen LogP contribution in [0, 0.1) is 0 Å². The molecule has 0 fully saturated rings. The summed E-state index contributed by atoms with van der Waals surface area (Å²) in [6.07, 6.45) is 0.842. The van der Waals surface area contributed by atoms with E-state index in [0.29, 0.717) is 6.61 Å². The molecule has 3 aromatic rings. The van der Waals surface area contributed by atoms with Crippen LogP contribution in [0.25, 0.3) is 10.9 Å². The Labute approximate surface area is 116 Å². The van der Waals surface area contributed by atoms with E-state index in [1.165, 1.54) is 11.6 Å². The lowest BCUT2D eigenvalue weighted by atomic mass is 10.2. The van der Waals surface area contributed by atoms with Crippen molar-refractivity contribution in [2.24, 2.45) is 0 Å². The summed E-state index contributed by atoms with van der Waals surface area (Å²) in [7, 11) is 0. The largest absolute Gasteiger partial charge is 0.491 e. The van der Waals surface area contributed by atoms with Gasteiger partial charge in [-0.15, -0.1) is 0 Å². The zero-order chi connectivity index (χ0) is 13.8. The molecule has 0 saturated heterocycles. The fraction of sp³-hybridized carbons (Fsp3) is 0.118. The molecule has 100 valence electrons. The van der Waals surface area contributed by atoms with E-state index in [9.17, 15) is 4.79 Å². The van der Waals surface area contributed by atoms with Crippen molar-refractivity contribution in [3.63, 3.8) is 0 Å². The molecule has 3 nitrogen and oxygen atoms in total. The van der Waals surface area contributed by atoms with Crippen molar-refractivity contribution in [3.8, 4) is 5.75 Å². The van der Waals surface area contributed by atoms with E-state index in [1.54, 1.807) is 6.07 Å². The average Bonchev–Trinajstić information content (AvgIpc) is 2.49. The Bertz CT molecular complexity index is 763. The third kappa shape index (κ3) is 2.72. The number of H-pyrrole nitrogens is 1. The fourth-order valence-corrected chi connectivity index (χ4v) is 2.19. The molecule has 0 radical (unpaired) electrons. The van der Waals surface area contributed by atoms with Crippen LogP contribution in [-0.4, -0.2) is 11.6 Å². The second-order valence-electron chi connectivity index (χ2n) is 4.63. The van der Waals surface area contributed by atoms with Crippen molar-refractivity contribution in [1.82, 2.24) is 4.98 Å². The Morgan fingerprint density at radius 2 is 1.75 bits per heavy atom. The van der Waals surface area contributed by atoms with Gasteiger partial charge in [-0.05, 0) is 17.7 Å². The molecule has 1 aromatic heterocycles. The van der Waals surface area contributed by atoms with Gasteiger partial charge in [0, 0.05) is 17.9 Å². The van der Waals surface area contributed by atoms with E-state index in [2.05, 4.69) is 17.1 Å². The minimum absolute atomic E-state index is 0.114. The Balaban J connectivity index is 1.77. The van der Waals surface area contributed by atoms with Crippen LogP contribution in [0.2, 0.25) is 0 Å². The van der Waals surface area contributed by atoms with E-state index in [-0.39, 0.29) is 5.56 Å².